The molecular weight excluding hydrogens is 483 g/mol. The Bertz CT molecular complexity index is 1120. The van der Waals surface area contributed by atoms with Crippen molar-refractivity contribution in [2.45, 2.75) is 24.0 Å². The normalized spacial score (nSPS) is 23.4. The van der Waals surface area contributed by atoms with Crippen molar-refractivity contribution in [3.05, 3.63) is 47.2 Å². The Morgan fingerprint density at radius 3 is 2.35 bits per heavy atom. The number of phenols is 1. The zero-order valence-corrected chi connectivity index (χ0v) is 18.0. The van der Waals surface area contributed by atoms with E-state index in [4.69, 9.17) is 15.6 Å². The molecule has 3 heterocycles. The summed E-state index contributed by atoms with van der Waals surface area (Å²) < 4.78 is 31.7. The number of hydrogen-bond acceptors (Lipinski definition) is 7. The van der Waals surface area contributed by atoms with Gasteiger partial charge in [-0.3, -0.25) is 14.5 Å². The first-order valence-corrected chi connectivity index (χ1v) is 10.7. The number of anilines is 1. The summed E-state index contributed by atoms with van der Waals surface area (Å²) in [5.74, 6) is -4.31. The Hall–Kier alpha value is -3.52. The largest absolute Gasteiger partial charge is 0.506 e. The van der Waals surface area contributed by atoms with Crippen LogP contribution in [0, 0.1) is 0 Å². The number of hydrogen-bond donors (Lipinski definition) is 4. The van der Waals surface area contributed by atoms with Crippen molar-refractivity contribution in [3.63, 3.8) is 0 Å². The summed E-state index contributed by atoms with van der Waals surface area (Å²) in [7, 11) is 0. The van der Waals surface area contributed by atoms with Gasteiger partial charge in [0.15, 0.2) is 0 Å². The number of amides is 2. The van der Waals surface area contributed by atoms with Crippen LogP contribution in [0.4, 0.5) is 18.9 Å². The van der Waals surface area contributed by atoms with E-state index in [0.717, 1.165) is 0 Å². The van der Waals surface area contributed by atoms with E-state index in [2.05, 4.69) is 0 Å². The van der Waals surface area contributed by atoms with Gasteiger partial charge in [0, 0.05) is 17.9 Å². The Kier molecular flexibility index (Phi) is 6.93. The van der Waals surface area contributed by atoms with Crippen LogP contribution in [0.15, 0.2) is 47.2 Å². The maximum atomic E-state index is 12.8. The minimum Gasteiger partial charge on any atom is -0.506 e. The van der Waals surface area contributed by atoms with Gasteiger partial charge in [-0.15, -0.1) is 11.8 Å². The van der Waals surface area contributed by atoms with Gasteiger partial charge in [-0.2, -0.15) is 13.2 Å². The fourth-order valence-corrected chi connectivity index (χ4v) is 4.78. The van der Waals surface area contributed by atoms with Crippen molar-refractivity contribution in [2.75, 3.05) is 17.2 Å². The zero-order valence-electron chi connectivity index (χ0n) is 17.2. The molecule has 182 valence electrons. The Morgan fingerprint density at radius 1 is 1.18 bits per heavy atom. The number of alkyl halides is 3. The molecule has 1 aromatic rings. The molecule has 34 heavy (non-hydrogen) atoms. The summed E-state index contributed by atoms with van der Waals surface area (Å²) in [4.78, 5) is 48.0. The number of carboxylic acids is 2. The standard InChI is InChI=1S/C18H17N3O5S.C2HF3O2/c19-13-16(24)21-14(18(25)26)10(8-27-17(13)21)7-9-5-6-20(15(9)23)11-3-1-2-4-12(11)22;3-2(4,5)1(6)7/h1-4,7,13,17,22H,5-6,8,19H2,(H,25,26);(H,6,7)/t13-,17-;/m1./s1. The van der Waals surface area contributed by atoms with Gasteiger partial charge in [0.25, 0.3) is 5.91 Å². The highest BCUT2D eigenvalue weighted by molar-refractivity contribution is 8.00. The summed E-state index contributed by atoms with van der Waals surface area (Å²) >= 11 is 1.39. The molecule has 2 atom stereocenters. The first kappa shape index (κ1) is 25.1. The molecule has 1 aromatic carbocycles. The average Bonchev–Trinajstić information content (AvgIpc) is 3.12. The molecule has 0 bridgehead atoms. The average molecular weight is 501 g/mol. The second-order valence-corrected chi connectivity index (χ2v) is 8.39. The number of nitrogens with two attached hydrogens (primary N) is 1. The molecule has 2 amide bonds. The number of allylic oxidation sites excluding steroid dienone is 1. The van der Waals surface area contributed by atoms with Gasteiger partial charge in [0.05, 0.1) is 5.69 Å². The van der Waals surface area contributed by atoms with Crippen LogP contribution in [-0.4, -0.2) is 73.9 Å². The molecule has 14 heteroatoms. The number of fused-ring (bicyclic) bond motifs is 1. The molecule has 3 aliphatic rings. The number of para-hydroxylation sites is 2. The van der Waals surface area contributed by atoms with E-state index in [9.17, 15) is 37.8 Å². The lowest BCUT2D eigenvalue weighted by Gasteiger charge is -2.47. The monoisotopic (exact) mass is 501 g/mol. The van der Waals surface area contributed by atoms with Gasteiger partial charge < -0.3 is 26.0 Å². The SMILES string of the molecule is N[C@@H]1C(=O)N2C(C(=O)O)=C(C=C3CCN(c4ccccc4O)C3=O)CS[C@H]12.O=C(O)C(F)(F)F. The third-order valence-corrected chi connectivity index (χ3v) is 6.45. The minimum absolute atomic E-state index is 0.00812. The van der Waals surface area contributed by atoms with Gasteiger partial charge in [-0.1, -0.05) is 12.1 Å². The van der Waals surface area contributed by atoms with Gasteiger partial charge in [0.1, 0.15) is 22.9 Å². The zero-order chi connectivity index (χ0) is 25.4. The summed E-state index contributed by atoms with van der Waals surface area (Å²) in [6.07, 6.45) is -3.10. The highest BCUT2D eigenvalue weighted by atomic mass is 32.2. The minimum atomic E-state index is -5.08. The third kappa shape index (κ3) is 4.72. The van der Waals surface area contributed by atoms with Crippen LogP contribution in [-0.2, 0) is 19.2 Å². The number of halogens is 3. The van der Waals surface area contributed by atoms with Gasteiger partial charge in [-0.25, -0.2) is 9.59 Å². The van der Waals surface area contributed by atoms with Crippen molar-refractivity contribution in [1.82, 2.24) is 4.90 Å². The molecule has 0 saturated carbocycles. The number of carbonyl (C=O) groups is 4. The van der Waals surface area contributed by atoms with Crippen LogP contribution in [0.25, 0.3) is 0 Å². The van der Waals surface area contributed by atoms with Gasteiger partial charge in [-0.05, 0) is 30.2 Å². The van der Waals surface area contributed by atoms with Crippen LogP contribution >= 0.6 is 11.8 Å². The molecular formula is C20H18F3N3O7S. The smallest absolute Gasteiger partial charge is 0.490 e. The lowest BCUT2D eigenvalue weighted by molar-refractivity contribution is -0.192. The second kappa shape index (κ2) is 9.38. The van der Waals surface area contributed by atoms with E-state index in [1.165, 1.54) is 27.6 Å². The van der Waals surface area contributed by atoms with Crippen molar-refractivity contribution in [1.29, 1.82) is 0 Å². The molecule has 2 fully saturated rings. The number of rotatable bonds is 3. The van der Waals surface area contributed by atoms with Crippen LogP contribution < -0.4 is 10.6 Å². The Morgan fingerprint density at radius 2 is 1.79 bits per heavy atom. The molecule has 0 radical (unpaired) electrons. The van der Waals surface area contributed by atoms with Gasteiger partial charge in [0.2, 0.25) is 5.91 Å². The maximum Gasteiger partial charge on any atom is 0.490 e. The predicted molar refractivity (Wildman–Crippen MR) is 113 cm³/mol. The second-order valence-electron chi connectivity index (χ2n) is 7.28. The predicted octanol–water partition coefficient (Wildman–Crippen LogP) is 1.27. The summed E-state index contributed by atoms with van der Waals surface area (Å²) in [6.45, 7) is 0.390. The fourth-order valence-electron chi connectivity index (χ4n) is 3.53. The molecule has 0 aromatic heterocycles. The maximum absolute atomic E-state index is 12.8. The number of thioether (sulfide) groups is 1. The molecule has 4 rings (SSSR count). The number of β-lactam (4-membered cyclic amide) rings is 1. The van der Waals surface area contributed by atoms with Crippen molar-refractivity contribution in [2.24, 2.45) is 5.73 Å². The van der Waals surface area contributed by atoms with E-state index < -0.39 is 30.1 Å². The molecule has 2 saturated heterocycles. The first-order chi connectivity index (χ1) is 15.8. The highest BCUT2D eigenvalue weighted by Crippen LogP contribution is 2.41. The van der Waals surface area contributed by atoms with Crippen LogP contribution in [0.5, 0.6) is 5.75 Å². The first-order valence-electron chi connectivity index (χ1n) is 9.61. The summed E-state index contributed by atoms with van der Waals surface area (Å²) in [6, 6.07) is 5.87. The van der Waals surface area contributed by atoms with E-state index in [1.54, 1.807) is 24.3 Å². The topological polar surface area (TPSA) is 161 Å². The summed E-state index contributed by atoms with van der Waals surface area (Å²) in [5, 5.41) is 26.3. The molecule has 5 N–H and O–H groups in total. The van der Waals surface area contributed by atoms with Crippen LogP contribution in [0.1, 0.15) is 6.42 Å². The lowest BCUT2D eigenvalue weighted by Crippen LogP contribution is -2.68. The van der Waals surface area contributed by atoms with E-state index in [-0.39, 0.29) is 22.7 Å². The molecule has 0 aliphatic carbocycles. The summed E-state index contributed by atoms with van der Waals surface area (Å²) in [5.41, 5.74) is 6.92. The van der Waals surface area contributed by atoms with E-state index >= 15 is 0 Å². The van der Waals surface area contributed by atoms with Crippen molar-refractivity contribution >= 4 is 41.2 Å². The third-order valence-electron chi connectivity index (χ3n) is 5.13. The van der Waals surface area contributed by atoms with Crippen molar-refractivity contribution < 1.29 is 47.7 Å². The van der Waals surface area contributed by atoms with E-state index in [0.29, 0.717) is 35.6 Å². The molecule has 0 unspecified atom stereocenters. The number of phenolic OH excluding ortho intramolecular Hbond substituents is 1. The number of nitrogens with zero attached hydrogens (tertiary/aromatic N) is 2. The Balaban J connectivity index is 0.000000406. The van der Waals surface area contributed by atoms with Crippen molar-refractivity contribution in [3.8, 4) is 5.75 Å². The van der Waals surface area contributed by atoms with Crippen LogP contribution in [0.3, 0.4) is 0 Å². The highest BCUT2D eigenvalue weighted by Gasteiger charge is 2.51. The van der Waals surface area contributed by atoms with E-state index in [1.807, 2.05) is 0 Å². The van der Waals surface area contributed by atoms with Gasteiger partial charge >= 0.3 is 18.1 Å². The number of aliphatic carboxylic acids is 2. The molecule has 0 spiro atoms. The fraction of sp³-hybridized carbons (Fsp3) is 0.300. The van der Waals surface area contributed by atoms with Crippen LogP contribution in [0.2, 0.25) is 0 Å². The number of carboxylic acid groups (broad SMARTS) is 2. The Labute approximate surface area is 194 Å². The number of carbonyl (C=O) groups excluding carboxylic acids is 2. The molecule has 10 nitrogen and oxygen atoms in total. The number of aromatic hydroxyl groups is 1. The lowest BCUT2D eigenvalue weighted by atomic mass is 10.0. The molecule has 3 aliphatic heterocycles. The number of benzene rings is 1. The quantitative estimate of drug-likeness (QED) is 0.353.